The van der Waals surface area contributed by atoms with Gasteiger partial charge in [0.15, 0.2) is 16.3 Å². The molecule has 1 aliphatic heterocycles. The predicted octanol–water partition coefficient (Wildman–Crippen LogP) is 5.08. The minimum absolute atomic E-state index is 0.189. The molecular formula is C34H34N2O6S. The van der Waals surface area contributed by atoms with Gasteiger partial charge in [0.05, 0.1) is 49.8 Å². The molecule has 222 valence electrons. The van der Waals surface area contributed by atoms with Crippen LogP contribution in [-0.2, 0) is 9.53 Å². The Hall–Kier alpha value is -4.63. The number of methoxy groups -OCH3 is 3. The Kier molecular flexibility index (Phi) is 8.82. The maximum Gasteiger partial charge on any atom is 0.338 e. The maximum absolute atomic E-state index is 14.2. The highest BCUT2D eigenvalue weighted by Crippen LogP contribution is 2.39. The lowest BCUT2D eigenvalue weighted by molar-refractivity contribution is -0.138. The van der Waals surface area contributed by atoms with Gasteiger partial charge in [-0.1, -0.05) is 79.8 Å². The number of carbonyl (C=O) groups is 1. The average molecular weight is 599 g/mol. The number of hydrogen-bond acceptors (Lipinski definition) is 8. The topological polar surface area (TPSA) is 88.4 Å². The number of rotatable bonds is 9. The first kappa shape index (κ1) is 29.8. The van der Waals surface area contributed by atoms with E-state index in [1.165, 1.54) is 18.4 Å². The highest BCUT2D eigenvalue weighted by Gasteiger charge is 2.35. The Bertz CT molecular complexity index is 1830. The number of carbonyl (C=O) groups excluding carboxylic acids is 1. The number of hydrogen-bond donors (Lipinski definition) is 0. The van der Waals surface area contributed by atoms with Crippen molar-refractivity contribution in [2.75, 3.05) is 27.9 Å². The molecular weight excluding hydrogens is 564 g/mol. The fourth-order valence-electron chi connectivity index (χ4n) is 5.16. The van der Waals surface area contributed by atoms with Gasteiger partial charge >= 0.3 is 5.97 Å². The number of ether oxygens (including phenoxy) is 4. The first-order valence-corrected chi connectivity index (χ1v) is 14.8. The third-order valence-electron chi connectivity index (χ3n) is 7.28. The molecule has 1 aliphatic rings. The van der Waals surface area contributed by atoms with Crippen LogP contribution in [0.15, 0.2) is 82.1 Å². The van der Waals surface area contributed by atoms with Crippen LogP contribution in [0.1, 0.15) is 55.0 Å². The van der Waals surface area contributed by atoms with Crippen LogP contribution in [0.4, 0.5) is 0 Å². The van der Waals surface area contributed by atoms with E-state index in [1.807, 2.05) is 54.6 Å². The summed E-state index contributed by atoms with van der Waals surface area (Å²) in [6, 6.07) is 20.4. The summed E-state index contributed by atoms with van der Waals surface area (Å²) in [4.78, 5) is 33.3. The Morgan fingerprint density at radius 1 is 0.977 bits per heavy atom. The Morgan fingerprint density at radius 2 is 1.63 bits per heavy atom. The van der Waals surface area contributed by atoms with Gasteiger partial charge in [0.2, 0.25) is 5.75 Å². The standard InChI is InChI=1S/C34H34N2O6S/c1-7-42-33(38)28-29(23-11-9-8-10-12-23)35-34-36(30(28)24-15-13-22(14-16-24)20(2)3)32(37)27(43-34)19-21-17-25(39-4)31(41-6)26(18-21)40-5/h8-20,30H,7H2,1-6H3/b27-19-/t30-/m0/s1. The highest BCUT2D eigenvalue weighted by atomic mass is 32.1. The monoisotopic (exact) mass is 598 g/mol. The van der Waals surface area contributed by atoms with Crippen molar-refractivity contribution in [3.05, 3.63) is 114 Å². The minimum atomic E-state index is -0.742. The van der Waals surface area contributed by atoms with Crippen LogP contribution >= 0.6 is 11.3 Å². The zero-order valence-electron chi connectivity index (χ0n) is 25.0. The van der Waals surface area contributed by atoms with Gasteiger partial charge in [-0.3, -0.25) is 9.36 Å². The van der Waals surface area contributed by atoms with Crippen molar-refractivity contribution in [3.8, 4) is 17.2 Å². The molecule has 0 amide bonds. The van der Waals surface area contributed by atoms with Gasteiger partial charge in [0.1, 0.15) is 0 Å². The summed E-state index contributed by atoms with van der Waals surface area (Å²) in [7, 11) is 4.63. The molecule has 0 saturated carbocycles. The molecule has 3 aromatic carbocycles. The molecule has 0 spiro atoms. The number of thiazole rings is 1. The molecule has 0 unspecified atom stereocenters. The van der Waals surface area contributed by atoms with Crippen molar-refractivity contribution in [3.63, 3.8) is 0 Å². The van der Waals surface area contributed by atoms with Crippen LogP contribution < -0.4 is 29.1 Å². The fourth-order valence-corrected chi connectivity index (χ4v) is 6.16. The summed E-state index contributed by atoms with van der Waals surface area (Å²) in [5.41, 5.74) is 3.92. The zero-order valence-corrected chi connectivity index (χ0v) is 25.9. The van der Waals surface area contributed by atoms with E-state index >= 15 is 0 Å². The van der Waals surface area contributed by atoms with Crippen molar-refractivity contribution in [2.24, 2.45) is 4.99 Å². The molecule has 9 heteroatoms. The zero-order chi connectivity index (χ0) is 30.7. The third-order valence-corrected chi connectivity index (χ3v) is 8.26. The van der Waals surface area contributed by atoms with Crippen molar-refractivity contribution in [1.82, 2.24) is 4.57 Å². The third kappa shape index (κ3) is 5.72. The molecule has 1 atom stereocenters. The average Bonchev–Trinajstić information content (AvgIpc) is 3.34. The summed E-state index contributed by atoms with van der Waals surface area (Å²) in [5, 5.41) is 0. The molecule has 5 rings (SSSR count). The molecule has 4 aromatic rings. The van der Waals surface area contributed by atoms with E-state index in [1.54, 1.807) is 43.9 Å². The number of nitrogens with zero attached hydrogens (tertiary/aromatic N) is 2. The van der Waals surface area contributed by atoms with E-state index < -0.39 is 12.0 Å². The molecule has 1 aromatic heterocycles. The van der Waals surface area contributed by atoms with E-state index in [0.29, 0.717) is 49.3 Å². The minimum Gasteiger partial charge on any atom is -0.493 e. The summed E-state index contributed by atoms with van der Waals surface area (Å²) in [6.45, 7) is 6.20. The van der Waals surface area contributed by atoms with Crippen LogP contribution in [0.2, 0.25) is 0 Å². The van der Waals surface area contributed by atoms with Crippen LogP contribution in [0, 0.1) is 0 Å². The van der Waals surface area contributed by atoms with Crippen LogP contribution in [0.5, 0.6) is 17.2 Å². The second kappa shape index (κ2) is 12.7. The van der Waals surface area contributed by atoms with Gasteiger partial charge < -0.3 is 18.9 Å². The van der Waals surface area contributed by atoms with Gasteiger partial charge in [-0.15, -0.1) is 0 Å². The predicted molar refractivity (Wildman–Crippen MR) is 168 cm³/mol. The number of esters is 1. The SMILES string of the molecule is CCOC(=O)C1=C(c2ccccc2)N=c2s/c(=C\c3cc(OC)c(OC)c(OC)c3)c(=O)n2[C@H]1c1ccc(C(C)C)cc1. The summed E-state index contributed by atoms with van der Waals surface area (Å²) in [5.74, 6) is 1.22. The lowest BCUT2D eigenvalue weighted by Gasteiger charge is -2.26. The fraction of sp³-hybridized carbons (Fsp3) is 0.265. The molecule has 43 heavy (non-hydrogen) atoms. The van der Waals surface area contributed by atoms with Crippen molar-refractivity contribution < 1.29 is 23.7 Å². The number of benzene rings is 3. The quantitative estimate of drug-likeness (QED) is 0.250. The molecule has 0 saturated heterocycles. The summed E-state index contributed by atoms with van der Waals surface area (Å²) in [6.07, 6.45) is 1.77. The van der Waals surface area contributed by atoms with Crippen LogP contribution in [-0.4, -0.2) is 38.5 Å². The van der Waals surface area contributed by atoms with Crippen molar-refractivity contribution in [2.45, 2.75) is 32.7 Å². The summed E-state index contributed by atoms with van der Waals surface area (Å²) >= 11 is 1.25. The van der Waals surface area contributed by atoms with Gasteiger partial charge in [0, 0.05) is 5.56 Å². The second-order valence-electron chi connectivity index (χ2n) is 10.2. The maximum atomic E-state index is 14.2. The Morgan fingerprint density at radius 3 is 2.19 bits per heavy atom. The lowest BCUT2D eigenvalue weighted by atomic mass is 9.91. The van der Waals surface area contributed by atoms with E-state index in [4.69, 9.17) is 23.9 Å². The molecule has 0 radical (unpaired) electrons. The van der Waals surface area contributed by atoms with E-state index in [9.17, 15) is 9.59 Å². The van der Waals surface area contributed by atoms with Gasteiger partial charge in [-0.2, -0.15) is 0 Å². The van der Waals surface area contributed by atoms with Crippen LogP contribution in [0.3, 0.4) is 0 Å². The number of fused-ring (bicyclic) bond motifs is 1. The first-order valence-electron chi connectivity index (χ1n) is 14.0. The normalized spacial score (nSPS) is 14.8. The number of aromatic nitrogens is 1. The highest BCUT2D eigenvalue weighted by molar-refractivity contribution is 7.07. The van der Waals surface area contributed by atoms with E-state index in [2.05, 4.69) is 13.8 Å². The largest absolute Gasteiger partial charge is 0.493 e. The summed E-state index contributed by atoms with van der Waals surface area (Å²) < 4.78 is 24.1. The van der Waals surface area contributed by atoms with Gasteiger partial charge in [-0.05, 0) is 47.7 Å². The van der Waals surface area contributed by atoms with Gasteiger partial charge in [0.25, 0.3) is 5.56 Å². The molecule has 0 fully saturated rings. The van der Waals surface area contributed by atoms with Crippen LogP contribution in [0.25, 0.3) is 11.8 Å². The smallest absolute Gasteiger partial charge is 0.338 e. The first-order chi connectivity index (χ1) is 20.8. The van der Waals surface area contributed by atoms with E-state index in [-0.39, 0.29) is 12.2 Å². The molecule has 0 N–H and O–H groups in total. The Labute approximate surface area is 254 Å². The van der Waals surface area contributed by atoms with Gasteiger partial charge in [-0.25, -0.2) is 9.79 Å². The van der Waals surface area contributed by atoms with E-state index in [0.717, 1.165) is 16.7 Å². The molecule has 8 nitrogen and oxygen atoms in total. The Balaban J connectivity index is 1.80. The lowest BCUT2D eigenvalue weighted by Crippen LogP contribution is -2.40. The van der Waals surface area contributed by atoms with Crippen molar-refractivity contribution >= 4 is 29.1 Å². The molecule has 0 bridgehead atoms. The molecule has 0 aliphatic carbocycles. The molecule has 2 heterocycles. The van der Waals surface area contributed by atoms with Crippen molar-refractivity contribution in [1.29, 1.82) is 0 Å². The second-order valence-corrected chi connectivity index (χ2v) is 11.2.